The third kappa shape index (κ3) is 8.16. The third-order valence-electron chi connectivity index (χ3n) is 4.26. The second-order valence-electron chi connectivity index (χ2n) is 6.30. The topological polar surface area (TPSA) is 105 Å². The van der Waals surface area contributed by atoms with Crippen molar-refractivity contribution >= 4 is 23.6 Å². The van der Waals surface area contributed by atoms with Crippen molar-refractivity contribution in [3.8, 4) is 0 Å². The molecule has 0 N–H and O–H groups in total. The number of anilines is 2. The molecule has 0 unspecified atom stereocenters. The van der Waals surface area contributed by atoms with Gasteiger partial charge in [-0.25, -0.2) is 0 Å². The van der Waals surface area contributed by atoms with E-state index in [9.17, 15) is 19.8 Å². The molecule has 1 rings (SSSR count). The maximum Gasteiger partial charge on any atom is 0.141 e. The van der Waals surface area contributed by atoms with Crippen LogP contribution >= 0.6 is 0 Å². The van der Waals surface area contributed by atoms with Gasteiger partial charge in [-0.1, -0.05) is 19.2 Å². The summed E-state index contributed by atoms with van der Waals surface area (Å²) in [7, 11) is 0. The molecule has 0 heterocycles. The normalized spacial score (nSPS) is 10.1. The standard InChI is InChI=1S/C21H30N2O6/c1-4-28-14-8-6-12-22(20(24)25)18-11-10-17(3)19(16-18)23(21(26)27)13-7-9-15-29-5-2/h4-5,10-11,16H,1-2,6-9,12-15H2,3H3,(H,24,25)(H,26,27)/p-2. The van der Waals surface area contributed by atoms with Crippen LogP contribution in [0, 0.1) is 6.92 Å². The summed E-state index contributed by atoms with van der Waals surface area (Å²) in [4.78, 5) is 25.5. The molecule has 1 aromatic carbocycles. The minimum absolute atomic E-state index is 0.204. The molecule has 2 amide bonds. The van der Waals surface area contributed by atoms with Gasteiger partial charge in [-0.15, -0.1) is 0 Å². The smallest absolute Gasteiger partial charge is 0.141 e. The number of nitrogens with zero attached hydrogens (tertiary/aromatic N) is 2. The Balaban J connectivity index is 2.92. The fourth-order valence-corrected chi connectivity index (χ4v) is 2.77. The Bertz CT molecular complexity index is 692. The molecular weight excluding hydrogens is 376 g/mol. The number of carboxylic acid groups (broad SMARTS) is 2. The highest BCUT2D eigenvalue weighted by molar-refractivity contribution is 5.90. The van der Waals surface area contributed by atoms with Gasteiger partial charge in [0.2, 0.25) is 0 Å². The Labute approximate surface area is 171 Å². The van der Waals surface area contributed by atoms with Gasteiger partial charge in [-0.2, -0.15) is 0 Å². The molecule has 0 atom stereocenters. The number of rotatable bonds is 14. The summed E-state index contributed by atoms with van der Waals surface area (Å²) in [6.07, 6.45) is 2.36. The van der Waals surface area contributed by atoms with E-state index in [1.807, 2.05) is 0 Å². The van der Waals surface area contributed by atoms with E-state index in [1.165, 1.54) is 18.6 Å². The molecule has 0 aliphatic rings. The van der Waals surface area contributed by atoms with Crippen LogP contribution in [-0.2, 0) is 9.47 Å². The van der Waals surface area contributed by atoms with Crippen LogP contribution in [0.4, 0.5) is 21.0 Å². The molecule has 1 aromatic rings. The predicted molar refractivity (Wildman–Crippen MR) is 107 cm³/mol. The van der Waals surface area contributed by atoms with E-state index in [0.717, 1.165) is 9.80 Å². The van der Waals surface area contributed by atoms with Gasteiger partial charge in [-0.3, -0.25) is 0 Å². The van der Waals surface area contributed by atoms with Gasteiger partial charge in [0, 0.05) is 24.5 Å². The largest absolute Gasteiger partial charge is 0.530 e. The fourth-order valence-electron chi connectivity index (χ4n) is 2.77. The van der Waals surface area contributed by atoms with Crippen LogP contribution in [0.15, 0.2) is 43.9 Å². The van der Waals surface area contributed by atoms with Crippen molar-refractivity contribution in [2.24, 2.45) is 0 Å². The lowest BCUT2D eigenvalue weighted by Crippen LogP contribution is -2.43. The molecule has 8 nitrogen and oxygen atoms in total. The second kappa shape index (κ2) is 13.1. The van der Waals surface area contributed by atoms with E-state index in [0.29, 0.717) is 55.8 Å². The van der Waals surface area contributed by atoms with Crippen LogP contribution in [0.25, 0.3) is 0 Å². The Morgan fingerprint density at radius 2 is 1.45 bits per heavy atom. The van der Waals surface area contributed by atoms with Crippen molar-refractivity contribution in [1.29, 1.82) is 0 Å². The van der Waals surface area contributed by atoms with E-state index >= 15 is 0 Å². The minimum atomic E-state index is -1.36. The van der Waals surface area contributed by atoms with E-state index in [-0.39, 0.29) is 13.1 Å². The van der Waals surface area contributed by atoms with Crippen molar-refractivity contribution in [2.75, 3.05) is 36.1 Å². The number of aryl methyl sites for hydroxylation is 1. The molecule has 0 radical (unpaired) electrons. The van der Waals surface area contributed by atoms with E-state index in [2.05, 4.69) is 13.2 Å². The number of carbonyl (C=O) groups is 2. The van der Waals surface area contributed by atoms with Gasteiger partial charge in [0.1, 0.15) is 12.2 Å². The highest BCUT2D eigenvalue weighted by atomic mass is 16.5. The summed E-state index contributed by atoms with van der Waals surface area (Å²) in [5, 5.41) is 23.3. The number of hydrogen-bond acceptors (Lipinski definition) is 6. The molecule has 0 spiro atoms. The van der Waals surface area contributed by atoms with Gasteiger partial charge >= 0.3 is 0 Å². The van der Waals surface area contributed by atoms with Crippen molar-refractivity contribution < 1.29 is 29.3 Å². The van der Waals surface area contributed by atoms with Crippen molar-refractivity contribution in [3.05, 3.63) is 49.4 Å². The number of unbranched alkanes of at least 4 members (excludes halogenated alkanes) is 2. The number of ether oxygens (including phenoxy) is 2. The zero-order chi connectivity index (χ0) is 21.6. The molecule has 0 saturated heterocycles. The fraction of sp³-hybridized carbons (Fsp3) is 0.429. The highest BCUT2D eigenvalue weighted by Crippen LogP contribution is 2.27. The lowest BCUT2D eigenvalue weighted by molar-refractivity contribution is -0.247. The van der Waals surface area contributed by atoms with E-state index in [4.69, 9.17) is 9.47 Å². The summed E-state index contributed by atoms with van der Waals surface area (Å²) in [5.41, 5.74) is 1.42. The Kier molecular flexibility index (Phi) is 10.8. The van der Waals surface area contributed by atoms with Gasteiger partial charge < -0.3 is 39.1 Å². The van der Waals surface area contributed by atoms with Crippen LogP contribution < -0.4 is 20.0 Å². The molecule has 0 bridgehead atoms. The molecule has 160 valence electrons. The Morgan fingerprint density at radius 3 is 1.93 bits per heavy atom. The quantitative estimate of drug-likeness (QED) is 0.348. The summed E-state index contributed by atoms with van der Waals surface area (Å²) in [6, 6.07) is 4.83. The van der Waals surface area contributed by atoms with Crippen molar-refractivity contribution in [3.63, 3.8) is 0 Å². The maximum absolute atomic E-state index is 11.7. The lowest BCUT2D eigenvalue weighted by atomic mass is 10.1. The van der Waals surface area contributed by atoms with E-state index in [1.54, 1.807) is 19.1 Å². The average Bonchev–Trinajstić information content (AvgIpc) is 2.68. The molecule has 0 saturated carbocycles. The molecular formula is C21H28N2O6-2. The van der Waals surface area contributed by atoms with Crippen LogP contribution in [0.3, 0.4) is 0 Å². The number of hydrogen-bond donors (Lipinski definition) is 0. The Morgan fingerprint density at radius 1 is 0.931 bits per heavy atom. The summed E-state index contributed by atoms with van der Waals surface area (Å²) < 4.78 is 10.1. The van der Waals surface area contributed by atoms with Crippen LogP contribution in [0.5, 0.6) is 0 Å². The average molecular weight is 404 g/mol. The molecule has 0 fully saturated rings. The Hall–Kier alpha value is -3.16. The number of amides is 2. The molecule has 0 aromatic heterocycles. The van der Waals surface area contributed by atoms with Crippen LogP contribution in [0.2, 0.25) is 0 Å². The zero-order valence-electron chi connectivity index (χ0n) is 16.8. The van der Waals surface area contributed by atoms with Gasteiger partial charge in [0.05, 0.1) is 25.7 Å². The second-order valence-corrected chi connectivity index (χ2v) is 6.30. The summed E-state index contributed by atoms with van der Waals surface area (Å²) in [5.74, 6) is 0. The summed E-state index contributed by atoms with van der Waals surface area (Å²) in [6.45, 7) is 9.95. The van der Waals surface area contributed by atoms with Crippen molar-refractivity contribution in [1.82, 2.24) is 0 Å². The molecule has 0 aliphatic carbocycles. The first-order valence-corrected chi connectivity index (χ1v) is 9.45. The minimum Gasteiger partial charge on any atom is -0.530 e. The SMILES string of the molecule is C=COCCCCN(C(=O)[O-])c1ccc(C)c(N(CCCCOC=C)C(=O)[O-])c1. The third-order valence-corrected chi connectivity index (χ3v) is 4.26. The van der Waals surface area contributed by atoms with Crippen LogP contribution in [-0.4, -0.2) is 38.5 Å². The zero-order valence-corrected chi connectivity index (χ0v) is 16.8. The first-order valence-electron chi connectivity index (χ1n) is 9.45. The molecule has 29 heavy (non-hydrogen) atoms. The lowest BCUT2D eigenvalue weighted by Gasteiger charge is -2.30. The monoisotopic (exact) mass is 404 g/mol. The van der Waals surface area contributed by atoms with E-state index < -0.39 is 12.2 Å². The first kappa shape index (κ1) is 23.9. The maximum atomic E-state index is 11.7. The van der Waals surface area contributed by atoms with Gasteiger partial charge in [0.15, 0.2) is 0 Å². The van der Waals surface area contributed by atoms with Crippen molar-refractivity contribution in [2.45, 2.75) is 32.6 Å². The molecule has 8 heteroatoms. The first-order chi connectivity index (χ1) is 13.9. The highest BCUT2D eigenvalue weighted by Gasteiger charge is 2.15. The van der Waals surface area contributed by atoms with Gasteiger partial charge in [-0.05, 0) is 50.3 Å². The van der Waals surface area contributed by atoms with Crippen LogP contribution in [0.1, 0.15) is 31.2 Å². The van der Waals surface area contributed by atoms with Gasteiger partial charge in [0.25, 0.3) is 0 Å². The number of carbonyl (C=O) groups excluding carboxylic acids is 2. The molecule has 0 aliphatic heterocycles. The number of benzene rings is 1. The predicted octanol–water partition coefficient (Wildman–Crippen LogP) is 2.18. The summed E-state index contributed by atoms with van der Waals surface area (Å²) >= 11 is 0.